The lowest BCUT2D eigenvalue weighted by Gasteiger charge is -2.32. The summed E-state index contributed by atoms with van der Waals surface area (Å²) in [6.45, 7) is 3.79. The van der Waals surface area contributed by atoms with Crippen molar-refractivity contribution in [3.63, 3.8) is 0 Å². The zero-order chi connectivity index (χ0) is 13.8. The van der Waals surface area contributed by atoms with Gasteiger partial charge in [-0.2, -0.15) is 0 Å². The molecular weight excluding hydrogens is 308 g/mol. The average molecular weight is 329 g/mol. The number of halogens is 1. The van der Waals surface area contributed by atoms with Gasteiger partial charge < -0.3 is 15.6 Å². The van der Waals surface area contributed by atoms with Gasteiger partial charge in [0.05, 0.1) is 11.6 Å². The number of hydrogen-bond donors (Lipinski definition) is 2. The van der Waals surface area contributed by atoms with Crippen molar-refractivity contribution < 1.29 is 9.84 Å². The van der Waals surface area contributed by atoms with Crippen LogP contribution in [0.2, 0.25) is 0 Å². The maximum atomic E-state index is 9.81. The summed E-state index contributed by atoms with van der Waals surface area (Å²) in [6, 6.07) is 3.84. The van der Waals surface area contributed by atoms with Crippen molar-refractivity contribution in [2.75, 3.05) is 26.7 Å². The van der Waals surface area contributed by atoms with Crippen LogP contribution in [-0.2, 0) is 6.54 Å². The lowest BCUT2D eigenvalue weighted by Crippen LogP contribution is -2.37. The number of methoxy groups -OCH3 is 1. The van der Waals surface area contributed by atoms with Crippen molar-refractivity contribution in [1.82, 2.24) is 4.90 Å². The van der Waals surface area contributed by atoms with E-state index >= 15 is 0 Å². The number of likely N-dealkylation sites (tertiary alicyclic amines) is 1. The predicted octanol–water partition coefficient (Wildman–Crippen LogP) is 2.33. The van der Waals surface area contributed by atoms with Crippen molar-refractivity contribution in [2.24, 2.45) is 11.7 Å². The molecule has 0 spiro atoms. The highest BCUT2D eigenvalue weighted by Crippen LogP contribution is 2.35. The Morgan fingerprint density at radius 3 is 3.00 bits per heavy atom. The minimum Gasteiger partial charge on any atom is -0.503 e. The molecule has 106 valence electrons. The Bertz CT molecular complexity index is 440. The molecule has 1 aromatic carbocycles. The van der Waals surface area contributed by atoms with Crippen LogP contribution in [0.15, 0.2) is 16.6 Å². The fourth-order valence-electron chi connectivity index (χ4n) is 2.62. The second-order valence-corrected chi connectivity index (χ2v) is 5.96. The summed E-state index contributed by atoms with van der Waals surface area (Å²) in [4.78, 5) is 2.42. The van der Waals surface area contributed by atoms with Gasteiger partial charge in [0.15, 0.2) is 11.5 Å². The number of phenolic OH excluding ortho intramolecular Hbond substituents is 1. The van der Waals surface area contributed by atoms with Crippen molar-refractivity contribution in [1.29, 1.82) is 0 Å². The van der Waals surface area contributed by atoms with Crippen molar-refractivity contribution in [2.45, 2.75) is 19.4 Å². The third kappa shape index (κ3) is 3.61. The van der Waals surface area contributed by atoms with Crippen LogP contribution in [0, 0.1) is 5.92 Å². The van der Waals surface area contributed by atoms with E-state index in [0.29, 0.717) is 16.1 Å². The molecule has 0 saturated carbocycles. The van der Waals surface area contributed by atoms with E-state index in [-0.39, 0.29) is 5.75 Å². The van der Waals surface area contributed by atoms with Crippen molar-refractivity contribution in [3.05, 3.63) is 22.2 Å². The summed E-state index contributed by atoms with van der Waals surface area (Å²) in [5, 5.41) is 9.81. The first-order valence-electron chi connectivity index (χ1n) is 6.61. The summed E-state index contributed by atoms with van der Waals surface area (Å²) in [5.74, 6) is 1.28. The normalized spacial score (nSPS) is 20.5. The maximum Gasteiger partial charge on any atom is 0.172 e. The van der Waals surface area contributed by atoms with Gasteiger partial charge in [0, 0.05) is 13.1 Å². The molecule has 1 saturated heterocycles. The summed E-state index contributed by atoms with van der Waals surface area (Å²) >= 11 is 3.36. The van der Waals surface area contributed by atoms with Gasteiger partial charge in [-0.15, -0.1) is 0 Å². The first kappa shape index (κ1) is 14.6. The van der Waals surface area contributed by atoms with Crippen LogP contribution in [0.3, 0.4) is 0 Å². The van der Waals surface area contributed by atoms with Crippen molar-refractivity contribution >= 4 is 15.9 Å². The Morgan fingerprint density at radius 1 is 1.53 bits per heavy atom. The summed E-state index contributed by atoms with van der Waals surface area (Å²) < 4.78 is 5.85. The van der Waals surface area contributed by atoms with E-state index in [0.717, 1.165) is 31.7 Å². The molecule has 1 unspecified atom stereocenters. The molecule has 2 rings (SSSR count). The van der Waals surface area contributed by atoms with Gasteiger partial charge >= 0.3 is 0 Å². The van der Waals surface area contributed by atoms with Gasteiger partial charge in [0.25, 0.3) is 0 Å². The Labute approximate surface area is 122 Å². The number of phenols is 1. The zero-order valence-corrected chi connectivity index (χ0v) is 12.8. The molecule has 0 aromatic heterocycles. The van der Waals surface area contributed by atoms with E-state index in [4.69, 9.17) is 10.5 Å². The first-order valence-corrected chi connectivity index (χ1v) is 7.41. The number of hydrogen-bond acceptors (Lipinski definition) is 4. The fourth-order valence-corrected chi connectivity index (χ4v) is 3.11. The highest BCUT2D eigenvalue weighted by molar-refractivity contribution is 9.10. The average Bonchev–Trinajstić information content (AvgIpc) is 2.43. The van der Waals surface area contributed by atoms with Crippen LogP contribution in [0.5, 0.6) is 11.5 Å². The summed E-state index contributed by atoms with van der Waals surface area (Å²) in [6.07, 6.45) is 2.44. The number of ether oxygens (including phenoxy) is 1. The minimum atomic E-state index is 0.157. The first-order chi connectivity index (χ1) is 9.13. The molecule has 5 heteroatoms. The third-order valence-corrected chi connectivity index (χ3v) is 4.26. The van der Waals surface area contributed by atoms with E-state index in [1.807, 2.05) is 12.1 Å². The Balaban J connectivity index is 2.08. The van der Waals surface area contributed by atoms with Crippen LogP contribution in [0.25, 0.3) is 0 Å². The number of benzene rings is 1. The van der Waals surface area contributed by atoms with Gasteiger partial charge in [0.2, 0.25) is 0 Å². The van der Waals surface area contributed by atoms with Gasteiger partial charge in [-0.3, -0.25) is 4.90 Å². The topological polar surface area (TPSA) is 58.7 Å². The number of aromatic hydroxyl groups is 1. The Kier molecular flexibility index (Phi) is 5.07. The molecule has 0 bridgehead atoms. The molecule has 0 amide bonds. The molecule has 1 fully saturated rings. The zero-order valence-electron chi connectivity index (χ0n) is 11.2. The molecule has 1 heterocycles. The summed E-state index contributed by atoms with van der Waals surface area (Å²) in [7, 11) is 1.57. The lowest BCUT2D eigenvalue weighted by atomic mass is 9.98. The molecule has 1 atom stereocenters. The fraction of sp³-hybridized carbons (Fsp3) is 0.571. The molecule has 19 heavy (non-hydrogen) atoms. The SMILES string of the molecule is COc1cc(CN2CCCC(CN)C2)cc(Br)c1O. The second-order valence-electron chi connectivity index (χ2n) is 5.11. The number of rotatable bonds is 4. The van der Waals surface area contributed by atoms with Crippen LogP contribution in [0.4, 0.5) is 0 Å². The predicted molar refractivity (Wildman–Crippen MR) is 79.4 cm³/mol. The smallest absolute Gasteiger partial charge is 0.172 e. The Hall–Kier alpha value is -0.780. The molecule has 1 aliphatic heterocycles. The number of nitrogens with two attached hydrogens (primary N) is 1. The highest BCUT2D eigenvalue weighted by atomic mass is 79.9. The van der Waals surface area contributed by atoms with Crippen LogP contribution < -0.4 is 10.5 Å². The largest absolute Gasteiger partial charge is 0.503 e. The van der Waals surface area contributed by atoms with E-state index in [1.165, 1.54) is 12.8 Å². The van der Waals surface area contributed by atoms with Crippen LogP contribution in [-0.4, -0.2) is 36.8 Å². The van der Waals surface area contributed by atoms with Gasteiger partial charge in [0.1, 0.15) is 0 Å². The standard InChI is InChI=1S/C14H21BrN2O2/c1-19-13-6-11(5-12(15)14(13)18)9-17-4-2-3-10(7-16)8-17/h5-6,10,18H,2-4,7-9,16H2,1H3. The van der Waals surface area contributed by atoms with E-state index in [9.17, 15) is 5.11 Å². The van der Waals surface area contributed by atoms with Crippen LogP contribution >= 0.6 is 15.9 Å². The minimum absolute atomic E-state index is 0.157. The third-order valence-electron chi connectivity index (χ3n) is 3.65. The second kappa shape index (κ2) is 6.59. The lowest BCUT2D eigenvalue weighted by molar-refractivity contribution is 0.171. The number of nitrogens with zero attached hydrogens (tertiary/aromatic N) is 1. The summed E-state index contributed by atoms with van der Waals surface area (Å²) in [5.41, 5.74) is 6.90. The monoisotopic (exact) mass is 328 g/mol. The molecule has 0 aliphatic carbocycles. The molecule has 1 aromatic rings. The number of piperidine rings is 1. The highest BCUT2D eigenvalue weighted by Gasteiger charge is 2.19. The molecule has 0 radical (unpaired) electrons. The molecular formula is C14H21BrN2O2. The van der Waals surface area contributed by atoms with Gasteiger partial charge in [-0.25, -0.2) is 0 Å². The van der Waals surface area contributed by atoms with Gasteiger partial charge in [-0.05, 0) is 65.5 Å². The molecule has 1 aliphatic rings. The quantitative estimate of drug-likeness (QED) is 0.890. The van der Waals surface area contributed by atoms with Crippen molar-refractivity contribution in [3.8, 4) is 11.5 Å². The molecule has 4 nitrogen and oxygen atoms in total. The van der Waals surface area contributed by atoms with E-state index in [2.05, 4.69) is 20.8 Å². The van der Waals surface area contributed by atoms with E-state index in [1.54, 1.807) is 7.11 Å². The Morgan fingerprint density at radius 2 is 2.32 bits per heavy atom. The maximum absolute atomic E-state index is 9.81. The van der Waals surface area contributed by atoms with E-state index < -0.39 is 0 Å². The molecule has 3 N–H and O–H groups in total. The van der Waals surface area contributed by atoms with Crippen LogP contribution in [0.1, 0.15) is 18.4 Å². The van der Waals surface area contributed by atoms with Gasteiger partial charge in [-0.1, -0.05) is 0 Å².